The van der Waals surface area contributed by atoms with Gasteiger partial charge in [-0.2, -0.15) is 0 Å². The van der Waals surface area contributed by atoms with Gasteiger partial charge in [0.25, 0.3) is 11.8 Å². The molecule has 9 heteroatoms. The van der Waals surface area contributed by atoms with Crippen molar-refractivity contribution in [2.45, 2.75) is 25.0 Å². The summed E-state index contributed by atoms with van der Waals surface area (Å²) >= 11 is 1.52. The number of hydrogen-bond acceptors (Lipinski definition) is 7. The number of aryl methyl sites for hydroxylation is 1. The van der Waals surface area contributed by atoms with Crippen LogP contribution in [0.2, 0.25) is 0 Å². The molecule has 0 saturated heterocycles. The Hall–Kier alpha value is -3.82. The SMILES string of the molecule is COCc1ccc(C(=O)Nc2ccc(-c3nc(CNC(=O)c4ccccc4SC)c(C)o3)cc2)o1. The molecule has 0 fully saturated rings. The van der Waals surface area contributed by atoms with Gasteiger partial charge >= 0.3 is 0 Å². The van der Waals surface area contributed by atoms with Gasteiger partial charge in [-0.25, -0.2) is 4.98 Å². The van der Waals surface area contributed by atoms with Gasteiger partial charge < -0.3 is 24.2 Å². The van der Waals surface area contributed by atoms with Crippen LogP contribution < -0.4 is 10.6 Å². The standard InChI is InChI=1S/C26H25N3O5S/c1-16-21(14-27-24(30)20-6-4-5-7-23(20)35-3)29-26(33-16)17-8-10-18(11-9-17)28-25(31)22-13-12-19(34-22)15-32-2/h4-13H,14-15H2,1-3H3,(H,27,30)(H,28,31). The Bertz CT molecular complexity index is 1330. The van der Waals surface area contributed by atoms with Crippen molar-refractivity contribution in [2.24, 2.45) is 0 Å². The van der Waals surface area contributed by atoms with Gasteiger partial charge in [-0.15, -0.1) is 11.8 Å². The number of carbonyl (C=O) groups excluding carboxylic acids is 2. The number of aromatic nitrogens is 1. The van der Waals surface area contributed by atoms with E-state index in [1.54, 1.807) is 49.6 Å². The highest BCUT2D eigenvalue weighted by molar-refractivity contribution is 7.98. The number of ether oxygens (including phenoxy) is 1. The quantitative estimate of drug-likeness (QED) is 0.306. The number of anilines is 1. The minimum atomic E-state index is -0.354. The molecule has 4 aromatic rings. The molecule has 0 unspecified atom stereocenters. The normalized spacial score (nSPS) is 10.8. The molecule has 0 aliphatic heterocycles. The van der Waals surface area contributed by atoms with Gasteiger partial charge in [0.05, 0.1) is 12.1 Å². The van der Waals surface area contributed by atoms with Crippen LogP contribution in [-0.4, -0.2) is 30.2 Å². The molecule has 0 bridgehead atoms. The van der Waals surface area contributed by atoms with E-state index in [4.69, 9.17) is 13.6 Å². The van der Waals surface area contributed by atoms with Crippen LogP contribution in [-0.2, 0) is 17.9 Å². The van der Waals surface area contributed by atoms with Gasteiger partial charge in [-0.05, 0) is 61.7 Å². The minimum absolute atomic E-state index is 0.162. The monoisotopic (exact) mass is 491 g/mol. The molecule has 2 heterocycles. The van der Waals surface area contributed by atoms with Crippen LogP contribution >= 0.6 is 11.8 Å². The van der Waals surface area contributed by atoms with Crippen LogP contribution in [0, 0.1) is 6.92 Å². The predicted molar refractivity (Wildman–Crippen MR) is 133 cm³/mol. The number of methoxy groups -OCH3 is 1. The van der Waals surface area contributed by atoms with Gasteiger partial charge in [0.15, 0.2) is 5.76 Å². The molecule has 0 aliphatic carbocycles. The van der Waals surface area contributed by atoms with E-state index in [2.05, 4.69) is 15.6 Å². The number of nitrogens with one attached hydrogen (secondary N) is 2. The fourth-order valence-corrected chi connectivity index (χ4v) is 4.01. The molecule has 0 saturated carbocycles. The van der Waals surface area contributed by atoms with Crippen molar-refractivity contribution in [1.82, 2.24) is 10.3 Å². The number of thioether (sulfide) groups is 1. The first-order valence-electron chi connectivity index (χ1n) is 10.9. The Labute approximate surface area is 207 Å². The summed E-state index contributed by atoms with van der Waals surface area (Å²) in [6.07, 6.45) is 1.94. The van der Waals surface area contributed by atoms with E-state index in [1.165, 1.54) is 11.8 Å². The van der Waals surface area contributed by atoms with Crippen LogP contribution in [0.1, 0.15) is 38.1 Å². The van der Waals surface area contributed by atoms with Gasteiger partial charge in [0.2, 0.25) is 5.89 Å². The first-order chi connectivity index (χ1) is 17.0. The average molecular weight is 492 g/mol. The lowest BCUT2D eigenvalue weighted by molar-refractivity contribution is 0.0946. The van der Waals surface area contributed by atoms with E-state index in [9.17, 15) is 9.59 Å². The number of furan rings is 1. The van der Waals surface area contributed by atoms with E-state index < -0.39 is 0 Å². The summed E-state index contributed by atoms with van der Waals surface area (Å²) in [5, 5.41) is 5.71. The summed E-state index contributed by atoms with van der Waals surface area (Å²) < 4.78 is 16.3. The van der Waals surface area contributed by atoms with E-state index >= 15 is 0 Å². The maximum Gasteiger partial charge on any atom is 0.291 e. The van der Waals surface area contributed by atoms with Crippen molar-refractivity contribution in [3.8, 4) is 11.5 Å². The summed E-state index contributed by atoms with van der Waals surface area (Å²) in [4.78, 5) is 30.5. The van der Waals surface area contributed by atoms with Gasteiger partial charge in [0, 0.05) is 23.3 Å². The number of benzene rings is 2. The molecule has 8 nitrogen and oxygen atoms in total. The van der Waals surface area contributed by atoms with E-state index in [0.29, 0.717) is 41.0 Å². The second-order valence-corrected chi connectivity index (χ2v) is 8.48. The molecule has 2 N–H and O–H groups in total. The number of carbonyl (C=O) groups is 2. The Kier molecular flexibility index (Phi) is 7.69. The lowest BCUT2D eigenvalue weighted by Crippen LogP contribution is -2.23. The van der Waals surface area contributed by atoms with E-state index in [-0.39, 0.29) is 24.1 Å². The number of oxazole rings is 1. The van der Waals surface area contributed by atoms with Crippen molar-refractivity contribution in [3.63, 3.8) is 0 Å². The van der Waals surface area contributed by atoms with E-state index in [0.717, 1.165) is 10.5 Å². The van der Waals surface area contributed by atoms with Crippen molar-refractivity contribution in [2.75, 3.05) is 18.7 Å². The largest absolute Gasteiger partial charge is 0.453 e. The van der Waals surface area contributed by atoms with Crippen molar-refractivity contribution in [1.29, 1.82) is 0 Å². The average Bonchev–Trinajstić information content (AvgIpc) is 3.50. The topological polar surface area (TPSA) is 107 Å². The highest BCUT2D eigenvalue weighted by atomic mass is 32.2. The molecular weight excluding hydrogens is 466 g/mol. The Morgan fingerprint density at radius 3 is 2.51 bits per heavy atom. The second kappa shape index (κ2) is 11.1. The third-order valence-electron chi connectivity index (χ3n) is 5.22. The van der Waals surface area contributed by atoms with Crippen LogP contribution in [0.3, 0.4) is 0 Å². The third-order valence-corrected chi connectivity index (χ3v) is 6.02. The first kappa shape index (κ1) is 24.3. The van der Waals surface area contributed by atoms with Crippen LogP contribution in [0.25, 0.3) is 11.5 Å². The number of hydrogen-bond donors (Lipinski definition) is 2. The highest BCUT2D eigenvalue weighted by Crippen LogP contribution is 2.24. The van der Waals surface area contributed by atoms with Crippen LogP contribution in [0.5, 0.6) is 0 Å². The Morgan fingerprint density at radius 1 is 1.00 bits per heavy atom. The first-order valence-corrected chi connectivity index (χ1v) is 12.1. The number of nitrogens with zero attached hydrogens (tertiary/aromatic N) is 1. The fourth-order valence-electron chi connectivity index (χ4n) is 3.42. The van der Waals surface area contributed by atoms with Crippen LogP contribution in [0.15, 0.2) is 74.4 Å². The minimum Gasteiger partial charge on any atom is -0.453 e. The second-order valence-electron chi connectivity index (χ2n) is 7.64. The lowest BCUT2D eigenvalue weighted by atomic mass is 10.2. The Balaban J connectivity index is 1.39. The van der Waals surface area contributed by atoms with Gasteiger partial charge in [0.1, 0.15) is 23.8 Å². The zero-order chi connectivity index (χ0) is 24.8. The van der Waals surface area contributed by atoms with Crippen molar-refractivity contribution < 1.29 is 23.2 Å². The van der Waals surface area contributed by atoms with Crippen molar-refractivity contribution >= 4 is 29.3 Å². The molecular formula is C26H25N3O5S. The summed E-state index contributed by atoms with van der Waals surface area (Å²) in [5.74, 6) is 1.33. The van der Waals surface area contributed by atoms with Gasteiger partial charge in [-0.3, -0.25) is 9.59 Å². The summed E-state index contributed by atoms with van der Waals surface area (Å²) in [6.45, 7) is 2.36. The molecule has 0 spiro atoms. The zero-order valence-corrected chi connectivity index (χ0v) is 20.4. The zero-order valence-electron chi connectivity index (χ0n) is 19.6. The predicted octanol–water partition coefficient (Wildman–Crippen LogP) is 5.29. The summed E-state index contributed by atoms with van der Waals surface area (Å²) in [6, 6.07) is 17.9. The summed E-state index contributed by atoms with van der Waals surface area (Å²) in [5.41, 5.74) is 2.63. The molecule has 2 aromatic carbocycles. The maximum atomic E-state index is 12.6. The fraction of sp³-hybridized carbons (Fsp3) is 0.192. The molecule has 0 atom stereocenters. The molecule has 180 valence electrons. The highest BCUT2D eigenvalue weighted by Gasteiger charge is 2.16. The number of rotatable bonds is 9. The van der Waals surface area contributed by atoms with Crippen molar-refractivity contribution in [3.05, 3.63) is 89.2 Å². The molecule has 2 aromatic heterocycles. The number of amides is 2. The van der Waals surface area contributed by atoms with Crippen LogP contribution in [0.4, 0.5) is 5.69 Å². The Morgan fingerprint density at radius 2 is 1.77 bits per heavy atom. The molecule has 35 heavy (non-hydrogen) atoms. The molecule has 0 aliphatic rings. The molecule has 4 rings (SSSR count). The molecule has 0 radical (unpaired) electrons. The molecule has 2 amide bonds. The van der Waals surface area contributed by atoms with Gasteiger partial charge in [-0.1, -0.05) is 12.1 Å². The maximum absolute atomic E-state index is 12.6. The van der Waals surface area contributed by atoms with E-state index in [1.807, 2.05) is 31.4 Å². The third kappa shape index (κ3) is 5.82. The lowest BCUT2D eigenvalue weighted by Gasteiger charge is -2.07. The smallest absolute Gasteiger partial charge is 0.291 e. The summed E-state index contributed by atoms with van der Waals surface area (Å²) in [7, 11) is 1.56.